The number of benzene rings is 1. The highest BCUT2D eigenvalue weighted by molar-refractivity contribution is 6.34. The molecule has 1 atom stereocenters. The van der Waals surface area contributed by atoms with Gasteiger partial charge in [-0.15, -0.1) is 0 Å². The summed E-state index contributed by atoms with van der Waals surface area (Å²) in [5, 5.41) is 4.01. The Balaban J connectivity index is 2.28. The Labute approximate surface area is 123 Å². The second kappa shape index (κ2) is 6.09. The summed E-state index contributed by atoms with van der Waals surface area (Å²) >= 11 is 6.23. The normalized spacial score (nSPS) is 12.1. The lowest BCUT2D eigenvalue weighted by molar-refractivity contribution is 0.616. The summed E-state index contributed by atoms with van der Waals surface area (Å²) in [7, 11) is 3.86. The molecule has 1 aromatic carbocycles. The maximum absolute atomic E-state index is 13.2. The van der Waals surface area contributed by atoms with E-state index in [1.807, 2.05) is 44.1 Å². The molecule has 0 saturated carbocycles. The quantitative estimate of drug-likeness (QED) is 0.919. The molecular formula is C15H17ClFN3. The van der Waals surface area contributed by atoms with Gasteiger partial charge in [-0.25, -0.2) is 4.39 Å². The number of hydrogen-bond acceptors (Lipinski definition) is 3. The van der Waals surface area contributed by atoms with Crippen LogP contribution in [-0.2, 0) is 0 Å². The van der Waals surface area contributed by atoms with E-state index in [0.29, 0.717) is 5.02 Å². The third-order valence-electron chi connectivity index (χ3n) is 3.03. The number of pyridine rings is 1. The highest BCUT2D eigenvalue weighted by Gasteiger charge is 2.13. The van der Waals surface area contributed by atoms with Crippen molar-refractivity contribution in [3.63, 3.8) is 0 Å². The third-order valence-corrected chi connectivity index (χ3v) is 3.34. The number of rotatable bonds is 4. The fraction of sp³-hybridized carbons (Fsp3) is 0.267. The Bertz CT molecular complexity index is 601. The first-order chi connectivity index (χ1) is 9.49. The van der Waals surface area contributed by atoms with Gasteiger partial charge in [-0.2, -0.15) is 0 Å². The SMILES string of the molecule is CC(Nc1cccc(Cl)c1N(C)C)c1cncc(F)c1. The number of halogens is 2. The van der Waals surface area contributed by atoms with E-state index in [4.69, 9.17) is 11.6 Å². The van der Waals surface area contributed by atoms with Crippen LogP contribution in [0.5, 0.6) is 0 Å². The summed E-state index contributed by atoms with van der Waals surface area (Å²) in [5.41, 5.74) is 2.60. The highest BCUT2D eigenvalue weighted by Crippen LogP contribution is 2.34. The fourth-order valence-corrected chi connectivity index (χ4v) is 2.41. The summed E-state index contributed by atoms with van der Waals surface area (Å²) in [6.45, 7) is 1.96. The summed E-state index contributed by atoms with van der Waals surface area (Å²) in [5.74, 6) is -0.338. The van der Waals surface area contributed by atoms with E-state index in [-0.39, 0.29) is 11.9 Å². The van der Waals surface area contributed by atoms with Gasteiger partial charge in [-0.05, 0) is 30.7 Å². The van der Waals surface area contributed by atoms with Crippen LogP contribution in [0.4, 0.5) is 15.8 Å². The fourth-order valence-electron chi connectivity index (χ4n) is 2.07. The van der Waals surface area contributed by atoms with Gasteiger partial charge in [0, 0.05) is 20.3 Å². The maximum Gasteiger partial charge on any atom is 0.141 e. The second-order valence-corrected chi connectivity index (χ2v) is 5.24. The minimum Gasteiger partial charge on any atom is -0.377 e. The molecule has 1 N–H and O–H groups in total. The van der Waals surface area contributed by atoms with Gasteiger partial charge in [-0.1, -0.05) is 17.7 Å². The van der Waals surface area contributed by atoms with Crippen molar-refractivity contribution in [2.45, 2.75) is 13.0 Å². The van der Waals surface area contributed by atoms with E-state index in [1.165, 1.54) is 12.3 Å². The van der Waals surface area contributed by atoms with Crippen molar-refractivity contribution in [1.82, 2.24) is 4.98 Å². The summed E-state index contributed by atoms with van der Waals surface area (Å²) < 4.78 is 13.2. The smallest absolute Gasteiger partial charge is 0.141 e. The Morgan fingerprint density at radius 2 is 2.05 bits per heavy atom. The van der Waals surface area contributed by atoms with Gasteiger partial charge in [0.15, 0.2) is 0 Å². The predicted octanol–water partition coefficient (Wildman–Crippen LogP) is 4.11. The molecule has 3 nitrogen and oxygen atoms in total. The number of nitrogens with zero attached hydrogens (tertiary/aromatic N) is 2. The molecule has 0 fully saturated rings. The van der Waals surface area contributed by atoms with Crippen molar-refractivity contribution in [1.29, 1.82) is 0 Å². The van der Waals surface area contributed by atoms with E-state index in [1.54, 1.807) is 6.20 Å². The zero-order valence-electron chi connectivity index (χ0n) is 11.7. The standard InChI is InChI=1S/C15H17ClFN3/c1-10(11-7-12(17)9-18-8-11)19-14-6-4-5-13(16)15(14)20(2)3/h4-10,19H,1-3H3. The van der Waals surface area contributed by atoms with Crippen molar-refractivity contribution < 1.29 is 4.39 Å². The van der Waals surface area contributed by atoms with Gasteiger partial charge in [0.05, 0.1) is 28.6 Å². The molecule has 1 heterocycles. The van der Waals surface area contributed by atoms with Crippen LogP contribution >= 0.6 is 11.6 Å². The molecule has 5 heteroatoms. The van der Waals surface area contributed by atoms with Gasteiger partial charge in [0.25, 0.3) is 0 Å². The van der Waals surface area contributed by atoms with E-state index < -0.39 is 0 Å². The molecule has 1 aromatic heterocycles. The molecule has 0 bridgehead atoms. The van der Waals surface area contributed by atoms with Gasteiger partial charge >= 0.3 is 0 Å². The molecule has 0 aliphatic heterocycles. The van der Waals surface area contributed by atoms with Crippen molar-refractivity contribution in [3.8, 4) is 0 Å². The lowest BCUT2D eigenvalue weighted by Gasteiger charge is -2.23. The van der Waals surface area contributed by atoms with Crippen molar-refractivity contribution in [2.24, 2.45) is 0 Å². The average molecular weight is 294 g/mol. The van der Waals surface area contributed by atoms with Gasteiger partial charge in [0.2, 0.25) is 0 Å². The highest BCUT2D eigenvalue weighted by atomic mass is 35.5. The van der Waals surface area contributed by atoms with Crippen LogP contribution in [0.25, 0.3) is 0 Å². The Morgan fingerprint density at radius 1 is 1.30 bits per heavy atom. The first-order valence-corrected chi connectivity index (χ1v) is 6.69. The Kier molecular flexibility index (Phi) is 4.45. The molecule has 2 aromatic rings. The Morgan fingerprint density at radius 3 is 2.70 bits per heavy atom. The Hall–Kier alpha value is -1.81. The number of aromatic nitrogens is 1. The molecule has 0 saturated heterocycles. The minimum atomic E-state index is -0.338. The van der Waals surface area contributed by atoms with Crippen molar-refractivity contribution in [2.75, 3.05) is 24.3 Å². The van der Waals surface area contributed by atoms with Crippen LogP contribution in [0.15, 0.2) is 36.7 Å². The number of hydrogen-bond donors (Lipinski definition) is 1. The van der Waals surface area contributed by atoms with Crippen LogP contribution in [0, 0.1) is 5.82 Å². The largest absolute Gasteiger partial charge is 0.377 e. The molecule has 0 amide bonds. The molecule has 0 radical (unpaired) electrons. The van der Waals surface area contributed by atoms with E-state index >= 15 is 0 Å². The lowest BCUT2D eigenvalue weighted by Crippen LogP contribution is -2.14. The first-order valence-electron chi connectivity index (χ1n) is 6.32. The molecule has 0 aliphatic carbocycles. The first kappa shape index (κ1) is 14.6. The second-order valence-electron chi connectivity index (χ2n) is 4.83. The van der Waals surface area contributed by atoms with E-state index in [9.17, 15) is 4.39 Å². The molecular weight excluding hydrogens is 277 g/mol. The zero-order chi connectivity index (χ0) is 14.7. The van der Waals surface area contributed by atoms with Gasteiger partial charge < -0.3 is 10.2 Å². The summed E-state index contributed by atoms with van der Waals surface area (Å²) in [6, 6.07) is 7.08. The topological polar surface area (TPSA) is 28.2 Å². The van der Waals surface area contributed by atoms with Crippen LogP contribution < -0.4 is 10.2 Å². The van der Waals surface area contributed by atoms with E-state index in [2.05, 4.69) is 10.3 Å². The average Bonchev–Trinajstić information content (AvgIpc) is 2.38. The number of nitrogens with one attached hydrogen (secondary N) is 1. The third kappa shape index (κ3) is 3.20. The van der Waals surface area contributed by atoms with Gasteiger partial charge in [-0.3, -0.25) is 4.98 Å². The van der Waals surface area contributed by atoms with E-state index in [0.717, 1.165) is 16.9 Å². The van der Waals surface area contributed by atoms with Crippen LogP contribution in [0.1, 0.15) is 18.5 Å². The van der Waals surface area contributed by atoms with Crippen molar-refractivity contribution in [3.05, 3.63) is 53.1 Å². The predicted molar refractivity (Wildman–Crippen MR) is 82.0 cm³/mol. The minimum absolute atomic E-state index is 0.0737. The molecule has 2 rings (SSSR count). The van der Waals surface area contributed by atoms with Crippen LogP contribution in [-0.4, -0.2) is 19.1 Å². The number of anilines is 2. The van der Waals surface area contributed by atoms with Crippen LogP contribution in [0.2, 0.25) is 5.02 Å². The monoisotopic (exact) mass is 293 g/mol. The summed E-state index contributed by atoms with van der Waals surface area (Å²) in [4.78, 5) is 5.82. The summed E-state index contributed by atoms with van der Waals surface area (Å²) in [6.07, 6.45) is 2.85. The van der Waals surface area contributed by atoms with Gasteiger partial charge in [0.1, 0.15) is 5.82 Å². The molecule has 0 spiro atoms. The zero-order valence-corrected chi connectivity index (χ0v) is 12.4. The lowest BCUT2D eigenvalue weighted by atomic mass is 10.1. The van der Waals surface area contributed by atoms with Crippen LogP contribution in [0.3, 0.4) is 0 Å². The maximum atomic E-state index is 13.2. The molecule has 20 heavy (non-hydrogen) atoms. The molecule has 1 unspecified atom stereocenters. The van der Waals surface area contributed by atoms with Crippen molar-refractivity contribution >= 4 is 23.0 Å². The molecule has 0 aliphatic rings. The molecule has 106 valence electrons. The number of para-hydroxylation sites is 1.